The van der Waals surface area contributed by atoms with Crippen molar-refractivity contribution in [2.24, 2.45) is 0 Å². The van der Waals surface area contributed by atoms with E-state index >= 15 is 0 Å². The van der Waals surface area contributed by atoms with E-state index < -0.39 is 15.5 Å². The fourth-order valence-electron chi connectivity index (χ4n) is 0. The molecule has 0 fully saturated rings. The first-order valence-corrected chi connectivity index (χ1v) is 2.66. The zero-order valence-electron chi connectivity index (χ0n) is 5.28. The Labute approximate surface area is 104 Å². The summed E-state index contributed by atoms with van der Waals surface area (Å²) in [6.45, 7) is 0. The molecule has 0 saturated heterocycles. The molecule has 0 aromatic rings. The summed E-state index contributed by atoms with van der Waals surface area (Å²) in [6.07, 6.45) is 0. The van der Waals surface area contributed by atoms with Gasteiger partial charge in [-0.05, 0) is 0 Å². The van der Waals surface area contributed by atoms with E-state index in [9.17, 15) is 0 Å². The van der Waals surface area contributed by atoms with Gasteiger partial charge >= 0.3 is 61.8 Å². The van der Waals surface area contributed by atoms with E-state index in [0.29, 0.717) is 0 Å². The van der Waals surface area contributed by atoms with Crippen LogP contribution in [0.25, 0.3) is 0 Å². The van der Waals surface area contributed by atoms with Gasteiger partial charge in [-0.15, -0.1) is 10.1 Å². The van der Waals surface area contributed by atoms with E-state index in [1.54, 1.807) is 0 Å². The van der Waals surface area contributed by atoms with E-state index in [1.165, 1.54) is 0 Å². The van der Waals surface area contributed by atoms with Crippen molar-refractivity contribution in [2.75, 3.05) is 0 Å². The molecule has 0 heterocycles. The summed E-state index contributed by atoms with van der Waals surface area (Å²) in [7, 11) is -4.67. The molecule has 0 spiro atoms. The summed E-state index contributed by atoms with van der Waals surface area (Å²) >= 11 is 0. The number of hydrogen-bond acceptors (Lipinski definition) is 5. The monoisotopic (exact) mass is 217 g/mol. The number of rotatable bonds is 0. The molecule has 64 valence electrons. The molecule has 0 amide bonds. The number of hydrogen-bond donors (Lipinski definition) is 3. The third-order valence-electron chi connectivity index (χ3n) is 0. The maximum Gasteiger partial charge on any atom is 1.00 e. The van der Waals surface area contributed by atoms with E-state index in [0.717, 1.165) is 0 Å². The molecular formula is H4KNO8S. The predicted octanol–water partition coefficient (Wildman–Crippen LogP) is -4.17. The maximum absolute atomic E-state index is 8.74. The van der Waals surface area contributed by atoms with Gasteiger partial charge in [0.2, 0.25) is 0 Å². The van der Waals surface area contributed by atoms with Crippen LogP contribution >= 0.6 is 0 Å². The molecule has 9 nitrogen and oxygen atoms in total. The van der Waals surface area contributed by atoms with Gasteiger partial charge in [-0.25, -0.2) is 0 Å². The molecule has 0 bridgehead atoms. The van der Waals surface area contributed by atoms with Crippen molar-refractivity contribution < 1.29 is 84.7 Å². The van der Waals surface area contributed by atoms with Crippen LogP contribution < -0.4 is 51.4 Å². The van der Waals surface area contributed by atoms with Gasteiger partial charge in [0.25, 0.3) is 5.09 Å². The van der Waals surface area contributed by atoms with Crippen LogP contribution in [-0.2, 0) is 10.4 Å². The first kappa shape index (κ1) is 22.6. The van der Waals surface area contributed by atoms with Crippen molar-refractivity contribution in [1.29, 1.82) is 0 Å². The molecule has 0 atom stereocenters. The van der Waals surface area contributed by atoms with Gasteiger partial charge in [0.05, 0.1) is 0 Å². The van der Waals surface area contributed by atoms with Gasteiger partial charge in [-0.1, -0.05) is 0 Å². The molecule has 0 radical (unpaired) electrons. The maximum atomic E-state index is 8.74. The van der Waals surface area contributed by atoms with Crippen molar-refractivity contribution in [3.8, 4) is 0 Å². The topological polar surface area (TPSA) is 168 Å². The van der Waals surface area contributed by atoms with Crippen molar-refractivity contribution in [3.05, 3.63) is 10.1 Å². The largest absolute Gasteiger partial charge is 1.00 e. The molecule has 4 N–H and O–H groups in total. The van der Waals surface area contributed by atoms with Gasteiger partial charge in [0.15, 0.2) is 0 Å². The summed E-state index contributed by atoms with van der Waals surface area (Å²) in [4.78, 5) is 8.36. The van der Waals surface area contributed by atoms with E-state index in [2.05, 4.69) is 0 Å². The second-order valence-electron chi connectivity index (χ2n) is 0.686. The Bertz CT molecular complexity index is 157. The molecule has 0 aliphatic carbocycles. The van der Waals surface area contributed by atoms with Crippen LogP contribution in [0.4, 0.5) is 0 Å². The first-order chi connectivity index (χ1) is 3.73. The summed E-state index contributed by atoms with van der Waals surface area (Å²) < 4.78 is 31.6. The predicted molar refractivity (Wildman–Crippen MR) is 24.9 cm³/mol. The van der Waals surface area contributed by atoms with Gasteiger partial charge in [0.1, 0.15) is 0 Å². The Hall–Kier alpha value is 0.666. The van der Waals surface area contributed by atoms with Crippen molar-refractivity contribution in [3.63, 3.8) is 0 Å². The zero-order chi connectivity index (χ0) is 8.08. The third kappa shape index (κ3) is 1800. The minimum atomic E-state index is -4.67. The molecule has 0 aliphatic heterocycles. The smallest absolute Gasteiger partial charge is 0.870 e. The molecule has 0 aromatic carbocycles. The Morgan fingerprint density at radius 2 is 1.27 bits per heavy atom. The molecule has 0 rings (SSSR count). The second-order valence-corrected chi connectivity index (χ2v) is 1.58. The zero-order valence-corrected chi connectivity index (χ0v) is 9.22. The average Bonchev–Trinajstić information content (AvgIpc) is 1.19. The molecule has 0 unspecified atom stereocenters. The third-order valence-corrected chi connectivity index (χ3v) is 0. The number of nitrogens with zero attached hydrogens (tertiary/aromatic N) is 1. The SMILES string of the molecule is O=S(=O)(O)O.O=[N+]([O-])O.[K+].[OH-]. The molecule has 11 heavy (non-hydrogen) atoms. The standard InChI is InChI=1S/K.HNO3.H2O4S.H2O/c;2-1(3)4;1-5(2,3)4;/h;(H,2,3,4);(H2,1,2,3,4);1H2/q+1;;;/p-1. The fourth-order valence-corrected chi connectivity index (χ4v) is 0. The first-order valence-electron chi connectivity index (χ1n) is 1.26. The Morgan fingerprint density at radius 3 is 1.27 bits per heavy atom. The van der Waals surface area contributed by atoms with Crippen LogP contribution in [0.2, 0.25) is 0 Å². The van der Waals surface area contributed by atoms with Gasteiger partial charge in [-0.2, -0.15) is 8.42 Å². The Kier molecular flexibility index (Phi) is 21.9. The molecule has 0 aromatic heterocycles. The van der Waals surface area contributed by atoms with Crippen LogP contribution in [0.3, 0.4) is 0 Å². The molecule has 11 heteroatoms. The van der Waals surface area contributed by atoms with Gasteiger partial charge < -0.3 is 10.7 Å². The minimum Gasteiger partial charge on any atom is -0.870 e. The molecular weight excluding hydrogens is 213 g/mol. The molecule has 0 aliphatic rings. The van der Waals surface area contributed by atoms with Gasteiger partial charge in [0, 0.05) is 0 Å². The van der Waals surface area contributed by atoms with E-state index in [1.807, 2.05) is 0 Å². The van der Waals surface area contributed by atoms with Crippen molar-refractivity contribution >= 4 is 10.4 Å². The van der Waals surface area contributed by atoms with Gasteiger partial charge in [-0.3, -0.25) is 9.11 Å². The Morgan fingerprint density at radius 1 is 1.27 bits per heavy atom. The molecule has 0 saturated carbocycles. The van der Waals surface area contributed by atoms with Crippen molar-refractivity contribution in [2.45, 2.75) is 0 Å². The fraction of sp³-hybridized carbons (Fsp3) is 0. The average molecular weight is 217 g/mol. The summed E-state index contributed by atoms with van der Waals surface area (Å²) in [5.41, 5.74) is 0. The van der Waals surface area contributed by atoms with Crippen LogP contribution in [-0.4, -0.2) is 33.3 Å². The van der Waals surface area contributed by atoms with Crippen LogP contribution in [0, 0.1) is 10.1 Å². The minimum absolute atomic E-state index is 0. The van der Waals surface area contributed by atoms with Crippen molar-refractivity contribution in [1.82, 2.24) is 0 Å². The normalized spacial score (nSPS) is 7.45. The van der Waals surface area contributed by atoms with Crippen LogP contribution in [0.15, 0.2) is 0 Å². The Balaban J connectivity index is -0.0000000383. The second kappa shape index (κ2) is 10.7. The van der Waals surface area contributed by atoms with E-state index in [-0.39, 0.29) is 56.9 Å². The summed E-state index contributed by atoms with van der Waals surface area (Å²) in [6, 6.07) is 0. The van der Waals surface area contributed by atoms with E-state index in [4.69, 9.17) is 32.8 Å². The summed E-state index contributed by atoms with van der Waals surface area (Å²) in [5, 5.41) is 13.6. The quantitative estimate of drug-likeness (QED) is 0.159. The van der Waals surface area contributed by atoms with Crippen LogP contribution in [0.1, 0.15) is 0 Å². The van der Waals surface area contributed by atoms with Crippen LogP contribution in [0.5, 0.6) is 0 Å². The summed E-state index contributed by atoms with van der Waals surface area (Å²) in [5.74, 6) is 0.